The minimum absolute atomic E-state index is 0.00118. The zero-order chi connectivity index (χ0) is 22.3. The van der Waals surface area contributed by atoms with Crippen molar-refractivity contribution in [2.45, 2.75) is 45.5 Å². The minimum Gasteiger partial charge on any atom is -0.342 e. The van der Waals surface area contributed by atoms with E-state index in [2.05, 4.69) is 5.10 Å². The van der Waals surface area contributed by atoms with Crippen molar-refractivity contribution in [3.63, 3.8) is 0 Å². The van der Waals surface area contributed by atoms with Gasteiger partial charge >= 0.3 is 12.4 Å². The fourth-order valence-corrected chi connectivity index (χ4v) is 3.73. The Bertz CT molecular complexity index is 932. The summed E-state index contributed by atoms with van der Waals surface area (Å²) in [5.41, 5.74) is 0.801. The number of aryl methyl sites for hydroxylation is 1. The molecular weight excluding hydrogens is 412 g/mol. The monoisotopic (exact) mass is 433 g/mol. The van der Waals surface area contributed by atoms with Crippen LogP contribution in [0.25, 0.3) is 5.69 Å². The van der Waals surface area contributed by atoms with Gasteiger partial charge in [0.25, 0.3) is 0 Å². The van der Waals surface area contributed by atoms with Crippen molar-refractivity contribution < 1.29 is 31.1 Å². The number of likely N-dealkylation sites (tertiary alicyclic amines) is 1. The number of halogens is 6. The van der Waals surface area contributed by atoms with E-state index in [1.54, 1.807) is 13.8 Å². The number of alkyl halides is 6. The third-order valence-electron chi connectivity index (χ3n) is 5.42. The van der Waals surface area contributed by atoms with E-state index in [0.717, 1.165) is 12.1 Å². The van der Waals surface area contributed by atoms with Gasteiger partial charge in [-0.15, -0.1) is 0 Å². The molecule has 2 aromatic rings. The van der Waals surface area contributed by atoms with Crippen molar-refractivity contribution in [3.05, 3.63) is 46.8 Å². The van der Waals surface area contributed by atoms with Crippen molar-refractivity contribution in [1.29, 1.82) is 0 Å². The molecule has 1 aromatic carbocycles. The van der Waals surface area contributed by atoms with Crippen LogP contribution in [0.4, 0.5) is 26.3 Å². The molecule has 0 spiro atoms. The molecule has 0 saturated carbocycles. The number of amides is 1. The van der Waals surface area contributed by atoms with Gasteiger partial charge in [0.05, 0.1) is 29.3 Å². The zero-order valence-electron chi connectivity index (χ0n) is 16.4. The normalized spacial score (nSPS) is 18.0. The molecule has 1 aromatic heterocycles. The van der Waals surface area contributed by atoms with Crippen molar-refractivity contribution in [2.24, 2.45) is 5.92 Å². The molecule has 10 heteroatoms. The Morgan fingerprint density at radius 1 is 1.17 bits per heavy atom. The Morgan fingerprint density at radius 2 is 1.87 bits per heavy atom. The van der Waals surface area contributed by atoms with Gasteiger partial charge in [0, 0.05) is 24.3 Å². The van der Waals surface area contributed by atoms with Crippen molar-refractivity contribution in [1.82, 2.24) is 14.7 Å². The summed E-state index contributed by atoms with van der Waals surface area (Å²) in [5.74, 6) is -1.98. The van der Waals surface area contributed by atoms with E-state index < -0.39 is 29.7 Å². The van der Waals surface area contributed by atoms with E-state index in [1.165, 1.54) is 21.7 Å². The number of rotatable bonds is 3. The smallest absolute Gasteiger partial charge is 0.342 e. The van der Waals surface area contributed by atoms with Crippen LogP contribution in [0.15, 0.2) is 24.3 Å². The summed E-state index contributed by atoms with van der Waals surface area (Å²) in [5, 5.41) is 4.25. The summed E-state index contributed by atoms with van der Waals surface area (Å²) in [6, 6.07) is 4.65. The van der Waals surface area contributed by atoms with Crippen LogP contribution >= 0.6 is 0 Å². The quantitative estimate of drug-likeness (QED) is 0.649. The highest BCUT2D eigenvalue weighted by atomic mass is 19.4. The lowest BCUT2D eigenvalue weighted by molar-refractivity contribution is -0.187. The summed E-state index contributed by atoms with van der Waals surface area (Å²) in [6.07, 6.45) is -8.73. The summed E-state index contributed by atoms with van der Waals surface area (Å²) in [4.78, 5) is 13.9. The molecule has 4 nitrogen and oxygen atoms in total. The van der Waals surface area contributed by atoms with Crippen molar-refractivity contribution in [3.8, 4) is 5.69 Å². The molecule has 0 aliphatic carbocycles. The number of carbonyl (C=O) groups is 1. The second-order valence-corrected chi connectivity index (χ2v) is 7.51. The van der Waals surface area contributed by atoms with Crippen LogP contribution in [0, 0.1) is 19.8 Å². The van der Waals surface area contributed by atoms with Crippen LogP contribution in [-0.4, -0.2) is 39.9 Å². The van der Waals surface area contributed by atoms with E-state index in [0.29, 0.717) is 17.0 Å². The first kappa shape index (κ1) is 22.2. The van der Waals surface area contributed by atoms with Gasteiger partial charge in [0.2, 0.25) is 5.91 Å². The molecule has 30 heavy (non-hydrogen) atoms. The standard InChI is InChI=1S/C20H21F6N3O/c1-12-17(10-18(30)28-8-4-6-15(11-28)20(24,25)26)13(2)29(27-12)16-7-3-5-14(9-16)19(21,22)23/h3,5,7,9,15H,4,6,8,10-11H2,1-2H3. The lowest BCUT2D eigenvalue weighted by Crippen LogP contribution is -2.45. The van der Waals surface area contributed by atoms with Crippen molar-refractivity contribution in [2.75, 3.05) is 13.1 Å². The second-order valence-electron chi connectivity index (χ2n) is 7.51. The van der Waals surface area contributed by atoms with E-state index in [4.69, 9.17) is 0 Å². The lowest BCUT2D eigenvalue weighted by Gasteiger charge is -2.33. The van der Waals surface area contributed by atoms with Crippen LogP contribution < -0.4 is 0 Å². The molecule has 0 N–H and O–H groups in total. The number of nitrogens with zero attached hydrogens (tertiary/aromatic N) is 3. The minimum atomic E-state index is -4.51. The third kappa shape index (κ3) is 4.62. The maximum absolute atomic E-state index is 13.0. The molecule has 1 aliphatic heterocycles. The van der Waals surface area contributed by atoms with Crippen LogP contribution in [0.2, 0.25) is 0 Å². The Kier molecular flexibility index (Phi) is 5.88. The van der Waals surface area contributed by atoms with Gasteiger partial charge in [0.1, 0.15) is 0 Å². The van der Waals surface area contributed by atoms with Crippen LogP contribution in [0.5, 0.6) is 0 Å². The predicted molar refractivity (Wildman–Crippen MR) is 97.1 cm³/mol. The fraction of sp³-hybridized carbons (Fsp3) is 0.500. The van der Waals surface area contributed by atoms with Gasteiger partial charge in [-0.05, 0) is 44.9 Å². The highest BCUT2D eigenvalue weighted by Crippen LogP contribution is 2.34. The number of hydrogen-bond acceptors (Lipinski definition) is 2. The van der Waals surface area contributed by atoms with Crippen LogP contribution in [-0.2, 0) is 17.4 Å². The Balaban J connectivity index is 1.82. The highest BCUT2D eigenvalue weighted by molar-refractivity contribution is 5.79. The largest absolute Gasteiger partial charge is 0.416 e. The summed E-state index contributed by atoms with van der Waals surface area (Å²) < 4.78 is 79.4. The lowest BCUT2D eigenvalue weighted by atomic mass is 9.97. The molecule has 3 rings (SSSR count). The fourth-order valence-electron chi connectivity index (χ4n) is 3.73. The zero-order valence-corrected chi connectivity index (χ0v) is 16.4. The number of hydrogen-bond donors (Lipinski definition) is 0. The van der Waals surface area contributed by atoms with Gasteiger partial charge in [-0.25, -0.2) is 4.68 Å². The van der Waals surface area contributed by atoms with E-state index in [9.17, 15) is 31.1 Å². The molecule has 164 valence electrons. The maximum Gasteiger partial charge on any atom is 0.416 e. The highest BCUT2D eigenvalue weighted by Gasteiger charge is 2.42. The molecular formula is C20H21F6N3O. The Labute approximate surface area is 169 Å². The molecule has 2 heterocycles. The number of benzene rings is 1. The van der Waals surface area contributed by atoms with E-state index in [1.807, 2.05) is 0 Å². The summed E-state index contributed by atoms with van der Waals surface area (Å²) >= 11 is 0. The molecule has 1 unspecified atom stereocenters. The van der Waals surface area contributed by atoms with E-state index >= 15 is 0 Å². The van der Waals surface area contributed by atoms with Gasteiger partial charge in [-0.1, -0.05) is 6.07 Å². The molecule has 1 saturated heterocycles. The number of carbonyl (C=O) groups excluding carboxylic acids is 1. The first-order chi connectivity index (χ1) is 13.9. The molecule has 0 bridgehead atoms. The van der Waals surface area contributed by atoms with Crippen LogP contribution in [0.1, 0.15) is 35.4 Å². The van der Waals surface area contributed by atoms with Gasteiger partial charge < -0.3 is 4.90 Å². The summed E-state index contributed by atoms with van der Waals surface area (Å²) in [6.45, 7) is 3.12. The SMILES string of the molecule is Cc1nn(-c2cccc(C(F)(F)F)c2)c(C)c1CC(=O)N1CCCC(C(F)(F)F)C1. The average Bonchev–Trinajstić information content (AvgIpc) is 2.95. The van der Waals surface area contributed by atoms with Gasteiger partial charge in [0.15, 0.2) is 0 Å². The van der Waals surface area contributed by atoms with Crippen molar-refractivity contribution >= 4 is 5.91 Å². The first-order valence-corrected chi connectivity index (χ1v) is 9.45. The molecule has 1 amide bonds. The molecule has 1 atom stereocenters. The molecule has 0 radical (unpaired) electrons. The topological polar surface area (TPSA) is 38.1 Å². The first-order valence-electron chi connectivity index (χ1n) is 9.45. The number of aromatic nitrogens is 2. The summed E-state index contributed by atoms with van der Waals surface area (Å²) in [7, 11) is 0. The second kappa shape index (κ2) is 7.96. The predicted octanol–water partition coefficient (Wildman–Crippen LogP) is 4.85. The third-order valence-corrected chi connectivity index (χ3v) is 5.42. The van der Waals surface area contributed by atoms with Crippen LogP contribution in [0.3, 0.4) is 0 Å². The Morgan fingerprint density at radius 3 is 2.50 bits per heavy atom. The average molecular weight is 433 g/mol. The molecule has 1 fully saturated rings. The maximum atomic E-state index is 13.0. The van der Waals surface area contributed by atoms with Gasteiger partial charge in [-0.3, -0.25) is 4.79 Å². The molecule has 1 aliphatic rings. The van der Waals surface area contributed by atoms with Gasteiger partial charge in [-0.2, -0.15) is 31.4 Å². The number of piperidine rings is 1. The van der Waals surface area contributed by atoms with E-state index in [-0.39, 0.29) is 38.0 Å². The Hall–Kier alpha value is -2.52.